The van der Waals surface area contributed by atoms with Crippen LogP contribution in [0, 0.1) is 6.92 Å². The molecule has 0 aliphatic carbocycles. The van der Waals surface area contributed by atoms with Crippen LogP contribution >= 0.6 is 11.8 Å². The molecule has 0 unspecified atom stereocenters. The summed E-state index contributed by atoms with van der Waals surface area (Å²) >= 11 is 1.83. The van der Waals surface area contributed by atoms with Crippen molar-refractivity contribution in [2.45, 2.75) is 36.8 Å². The summed E-state index contributed by atoms with van der Waals surface area (Å²) < 4.78 is 27.1. The Morgan fingerprint density at radius 1 is 1.30 bits per heavy atom. The van der Waals surface area contributed by atoms with Gasteiger partial charge in [0, 0.05) is 29.3 Å². The summed E-state index contributed by atoms with van der Waals surface area (Å²) in [6.07, 6.45) is 0.859. The lowest BCUT2D eigenvalue weighted by Gasteiger charge is -2.22. The van der Waals surface area contributed by atoms with Crippen LogP contribution in [0.25, 0.3) is 0 Å². The van der Waals surface area contributed by atoms with Crippen molar-refractivity contribution in [3.8, 4) is 0 Å². The molecule has 6 heteroatoms. The topological polar surface area (TPSA) is 63.4 Å². The second kappa shape index (κ2) is 5.58. The number of hydrogen-bond donors (Lipinski definition) is 1. The van der Waals surface area contributed by atoms with Gasteiger partial charge in [-0.1, -0.05) is 19.9 Å². The summed E-state index contributed by atoms with van der Waals surface area (Å²) in [5.41, 5.74) is 7.26. The molecule has 0 bridgehead atoms. The summed E-state index contributed by atoms with van der Waals surface area (Å²) in [5.74, 6) is 0.827. The van der Waals surface area contributed by atoms with Gasteiger partial charge in [-0.15, -0.1) is 0 Å². The monoisotopic (exact) mass is 314 g/mol. The summed E-state index contributed by atoms with van der Waals surface area (Å²) in [5, 5.41) is 0. The van der Waals surface area contributed by atoms with Crippen LogP contribution in [-0.4, -0.2) is 36.3 Å². The highest BCUT2D eigenvalue weighted by molar-refractivity contribution is 8.00. The molecule has 1 aromatic rings. The van der Waals surface area contributed by atoms with Crippen molar-refractivity contribution in [1.82, 2.24) is 4.31 Å². The fourth-order valence-corrected chi connectivity index (χ4v) is 4.86. The van der Waals surface area contributed by atoms with Gasteiger partial charge in [-0.2, -0.15) is 16.1 Å². The Kier molecular flexibility index (Phi) is 4.37. The van der Waals surface area contributed by atoms with E-state index in [0.29, 0.717) is 23.7 Å². The van der Waals surface area contributed by atoms with Crippen LogP contribution in [0.4, 0.5) is 5.69 Å². The number of rotatable bonds is 2. The Bertz CT molecular complexity index is 597. The minimum Gasteiger partial charge on any atom is -0.398 e. The number of nitrogens with two attached hydrogens (primary N) is 1. The van der Waals surface area contributed by atoms with Crippen molar-refractivity contribution in [2.75, 3.05) is 24.6 Å². The number of anilines is 1. The first-order chi connectivity index (χ1) is 9.22. The van der Waals surface area contributed by atoms with Gasteiger partial charge >= 0.3 is 0 Å². The molecule has 2 rings (SSSR count). The van der Waals surface area contributed by atoms with E-state index in [9.17, 15) is 8.42 Å². The number of sulfonamides is 1. The van der Waals surface area contributed by atoms with E-state index in [1.54, 1.807) is 22.5 Å². The van der Waals surface area contributed by atoms with Crippen LogP contribution < -0.4 is 5.73 Å². The molecule has 0 atom stereocenters. The molecule has 4 nitrogen and oxygen atoms in total. The number of hydrogen-bond acceptors (Lipinski definition) is 4. The molecule has 2 N–H and O–H groups in total. The zero-order valence-corrected chi connectivity index (χ0v) is 13.9. The van der Waals surface area contributed by atoms with Gasteiger partial charge in [-0.25, -0.2) is 8.42 Å². The Morgan fingerprint density at radius 2 is 2.00 bits per heavy atom. The maximum absolute atomic E-state index is 12.7. The van der Waals surface area contributed by atoms with Gasteiger partial charge in [0.15, 0.2) is 0 Å². The SMILES string of the molecule is Cc1ccc(S(=O)(=O)N2CCSC(C)(C)CC2)cc1N. The molecule has 0 radical (unpaired) electrons. The van der Waals surface area contributed by atoms with Gasteiger partial charge in [0.05, 0.1) is 4.90 Å². The second-order valence-corrected chi connectivity index (χ2v) is 9.52. The maximum atomic E-state index is 12.7. The third-order valence-corrected chi connectivity index (χ3v) is 6.95. The molecule has 1 heterocycles. The van der Waals surface area contributed by atoms with Crippen molar-refractivity contribution in [1.29, 1.82) is 0 Å². The van der Waals surface area contributed by atoms with Crippen molar-refractivity contribution in [3.63, 3.8) is 0 Å². The molecule has 112 valence electrons. The maximum Gasteiger partial charge on any atom is 0.243 e. The van der Waals surface area contributed by atoms with Crippen molar-refractivity contribution < 1.29 is 8.42 Å². The van der Waals surface area contributed by atoms with Crippen LogP contribution in [0.3, 0.4) is 0 Å². The molecule has 0 saturated carbocycles. The van der Waals surface area contributed by atoms with Gasteiger partial charge in [0.1, 0.15) is 0 Å². The zero-order chi connectivity index (χ0) is 15.0. The fourth-order valence-electron chi connectivity index (χ4n) is 2.17. The minimum absolute atomic E-state index is 0.135. The van der Waals surface area contributed by atoms with E-state index >= 15 is 0 Å². The number of thioether (sulfide) groups is 1. The molecule has 0 amide bonds. The predicted octanol–water partition coefficient (Wildman–Crippen LogP) is 2.48. The Labute approximate surface area is 125 Å². The minimum atomic E-state index is -3.43. The molecule has 20 heavy (non-hydrogen) atoms. The predicted molar refractivity (Wildman–Crippen MR) is 85.5 cm³/mol. The van der Waals surface area contributed by atoms with Crippen molar-refractivity contribution in [2.24, 2.45) is 0 Å². The molecular weight excluding hydrogens is 292 g/mol. The van der Waals surface area contributed by atoms with Gasteiger partial charge in [0.2, 0.25) is 10.0 Å². The van der Waals surface area contributed by atoms with Crippen molar-refractivity contribution >= 4 is 27.5 Å². The van der Waals surface area contributed by atoms with Crippen LogP contribution in [-0.2, 0) is 10.0 Å². The Balaban J connectivity index is 2.28. The summed E-state index contributed by atoms with van der Waals surface area (Å²) in [7, 11) is -3.43. The van der Waals surface area contributed by atoms with E-state index in [4.69, 9.17) is 5.73 Å². The van der Waals surface area contributed by atoms with Crippen LogP contribution in [0.1, 0.15) is 25.8 Å². The molecule has 1 fully saturated rings. The standard InChI is InChI=1S/C14H22N2O2S2/c1-11-4-5-12(10-13(11)15)20(17,18)16-7-6-14(2,3)19-9-8-16/h4-5,10H,6-9,15H2,1-3H3. The van der Waals surface area contributed by atoms with Crippen LogP contribution in [0.5, 0.6) is 0 Å². The van der Waals surface area contributed by atoms with E-state index < -0.39 is 10.0 Å². The third-order valence-electron chi connectivity index (χ3n) is 3.69. The van der Waals surface area contributed by atoms with Crippen LogP contribution in [0.2, 0.25) is 0 Å². The largest absolute Gasteiger partial charge is 0.398 e. The Hall–Kier alpha value is -0.720. The molecule has 0 spiro atoms. The van der Waals surface area contributed by atoms with E-state index in [1.807, 2.05) is 18.7 Å². The molecule has 1 aliphatic heterocycles. The summed E-state index contributed by atoms with van der Waals surface area (Å²) in [6.45, 7) is 7.33. The number of nitrogen functional groups attached to an aromatic ring is 1. The summed E-state index contributed by atoms with van der Waals surface area (Å²) in [6, 6.07) is 4.97. The molecule has 1 saturated heterocycles. The second-order valence-electron chi connectivity index (χ2n) is 5.78. The first-order valence-electron chi connectivity index (χ1n) is 6.73. The van der Waals surface area contributed by atoms with E-state index in [-0.39, 0.29) is 4.75 Å². The lowest BCUT2D eigenvalue weighted by atomic mass is 10.1. The molecular formula is C14H22N2O2S2. The average molecular weight is 314 g/mol. The highest BCUT2D eigenvalue weighted by Crippen LogP contribution is 2.32. The van der Waals surface area contributed by atoms with E-state index in [0.717, 1.165) is 17.7 Å². The van der Waals surface area contributed by atoms with Crippen molar-refractivity contribution in [3.05, 3.63) is 23.8 Å². The number of nitrogens with zero attached hydrogens (tertiary/aromatic N) is 1. The smallest absolute Gasteiger partial charge is 0.243 e. The van der Waals surface area contributed by atoms with E-state index in [1.165, 1.54) is 0 Å². The normalized spacial score (nSPS) is 20.6. The first-order valence-corrected chi connectivity index (χ1v) is 9.15. The molecule has 1 aliphatic rings. The lowest BCUT2D eigenvalue weighted by Crippen LogP contribution is -2.33. The van der Waals surface area contributed by atoms with Crippen LogP contribution in [0.15, 0.2) is 23.1 Å². The highest BCUT2D eigenvalue weighted by atomic mass is 32.2. The third kappa shape index (κ3) is 3.30. The highest BCUT2D eigenvalue weighted by Gasteiger charge is 2.30. The molecule has 0 aromatic heterocycles. The first kappa shape index (κ1) is 15.7. The van der Waals surface area contributed by atoms with Gasteiger partial charge in [-0.05, 0) is 31.0 Å². The number of benzene rings is 1. The van der Waals surface area contributed by atoms with Gasteiger partial charge in [0.25, 0.3) is 0 Å². The molecule has 1 aromatic carbocycles. The van der Waals surface area contributed by atoms with Gasteiger partial charge in [-0.3, -0.25) is 0 Å². The Morgan fingerprint density at radius 3 is 2.65 bits per heavy atom. The fraction of sp³-hybridized carbons (Fsp3) is 0.571. The quantitative estimate of drug-likeness (QED) is 0.852. The van der Waals surface area contributed by atoms with Gasteiger partial charge < -0.3 is 5.73 Å². The number of aryl methyl sites for hydroxylation is 1. The van der Waals surface area contributed by atoms with E-state index in [2.05, 4.69) is 13.8 Å². The lowest BCUT2D eigenvalue weighted by molar-refractivity contribution is 0.415. The summed E-state index contributed by atoms with van der Waals surface area (Å²) in [4.78, 5) is 0.297. The zero-order valence-electron chi connectivity index (χ0n) is 12.2. The average Bonchev–Trinajstić information content (AvgIpc) is 2.54.